The fourth-order valence-corrected chi connectivity index (χ4v) is 3.88. The topological polar surface area (TPSA) is 51.1 Å². The van der Waals surface area contributed by atoms with Gasteiger partial charge in [0.15, 0.2) is 0 Å². The Labute approximate surface area is 199 Å². The molecule has 3 aromatic rings. The van der Waals surface area contributed by atoms with Crippen LogP contribution in [-0.4, -0.2) is 36.3 Å². The van der Waals surface area contributed by atoms with E-state index in [0.29, 0.717) is 23.0 Å². The molecule has 34 heavy (non-hydrogen) atoms. The molecular weight excluding hydrogens is 469 g/mol. The molecule has 1 unspecified atom stereocenters. The minimum atomic E-state index is -4.73. The van der Waals surface area contributed by atoms with Gasteiger partial charge in [-0.2, -0.15) is 0 Å². The highest BCUT2D eigenvalue weighted by molar-refractivity contribution is 6.34. The molecule has 1 aliphatic heterocycles. The van der Waals surface area contributed by atoms with Crippen molar-refractivity contribution in [3.63, 3.8) is 0 Å². The molecule has 1 aliphatic rings. The molecule has 0 saturated heterocycles. The number of hydrogen-bond donors (Lipinski definition) is 0. The largest absolute Gasteiger partial charge is 0.573 e. The summed E-state index contributed by atoms with van der Waals surface area (Å²) in [4.78, 5) is 18.8. The van der Waals surface area contributed by atoms with Gasteiger partial charge >= 0.3 is 12.5 Å². The summed E-state index contributed by atoms with van der Waals surface area (Å²) < 4.78 is 46.2. The predicted molar refractivity (Wildman–Crippen MR) is 123 cm³/mol. The minimum absolute atomic E-state index is 0.233. The summed E-state index contributed by atoms with van der Waals surface area (Å²) in [5.41, 5.74) is 3.06. The summed E-state index contributed by atoms with van der Waals surface area (Å²) in [7, 11) is 0. The van der Waals surface area contributed by atoms with E-state index in [9.17, 15) is 18.0 Å². The molecule has 176 valence electrons. The lowest BCUT2D eigenvalue weighted by atomic mass is 10.0. The summed E-state index contributed by atoms with van der Waals surface area (Å²) in [6, 6.07) is 19.9. The van der Waals surface area contributed by atoms with Crippen molar-refractivity contribution in [2.75, 3.05) is 13.2 Å². The summed E-state index contributed by atoms with van der Waals surface area (Å²) in [5, 5.41) is 0.476. The average Bonchev–Trinajstić information content (AvgIpc) is 3.25. The van der Waals surface area contributed by atoms with E-state index in [1.807, 2.05) is 30.3 Å². The van der Waals surface area contributed by atoms with Gasteiger partial charge in [0.2, 0.25) is 0 Å². The molecule has 0 radical (unpaired) electrons. The Hall–Kier alpha value is -3.52. The first kappa shape index (κ1) is 23.6. The Balaban J connectivity index is 1.57. The van der Waals surface area contributed by atoms with E-state index in [-0.39, 0.29) is 18.4 Å². The molecule has 4 rings (SSSR count). The number of ether oxygens (including phenoxy) is 2. The Morgan fingerprint density at radius 1 is 1.03 bits per heavy atom. The van der Waals surface area contributed by atoms with Crippen molar-refractivity contribution in [2.45, 2.75) is 19.3 Å². The lowest BCUT2D eigenvalue weighted by Crippen LogP contribution is -2.35. The molecule has 1 atom stereocenters. The van der Waals surface area contributed by atoms with Crippen LogP contribution in [0.4, 0.5) is 18.0 Å². The summed E-state index contributed by atoms with van der Waals surface area (Å²) in [5.74, 6) is 0.165. The summed E-state index contributed by atoms with van der Waals surface area (Å²) >= 11 is 6.35. The highest BCUT2D eigenvalue weighted by Gasteiger charge is 2.33. The van der Waals surface area contributed by atoms with Crippen LogP contribution in [-0.2, 0) is 4.74 Å². The SMILES string of the molecule is CCOC(=O)N1CC(c2ccc(-c3ccc(OC(F)(F)F)cc3)cc2)N=C1c1ccccc1Cl. The third-order valence-corrected chi connectivity index (χ3v) is 5.54. The van der Waals surface area contributed by atoms with Gasteiger partial charge in [0.25, 0.3) is 0 Å². The number of amidine groups is 1. The fraction of sp³-hybridized carbons (Fsp3) is 0.200. The van der Waals surface area contributed by atoms with Gasteiger partial charge in [0.1, 0.15) is 11.6 Å². The van der Waals surface area contributed by atoms with E-state index in [1.165, 1.54) is 17.0 Å². The second-order valence-corrected chi connectivity index (χ2v) is 7.86. The average molecular weight is 489 g/mol. The zero-order valence-corrected chi connectivity index (χ0v) is 18.8. The van der Waals surface area contributed by atoms with Crippen LogP contribution in [0.2, 0.25) is 5.02 Å². The summed E-state index contributed by atoms with van der Waals surface area (Å²) in [6.45, 7) is 2.26. The van der Waals surface area contributed by atoms with Crippen molar-refractivity contribution in [2.24, 2.45) is 4.99 Å². The van der Waals surface area contributed by atoms with Gasteiger partial charge in [-0.05, 0) is 47.9 Å². The van der Waals surface area contributed by atoms with Crippen molar-refractivity contribution >= 4 is 23.5 Å². The number of rotatable bonds is 5. The van der Waals surface area contributed by atoms with Gasteiger partial charge < -0.3 is 9.47 Å². The molecule has 0 saturated carbocycles. The number of alkyl halides is 3. The van der Waals surface area contributed by atoms with Gasteiger partial charge in [-0.25, -0.2) is 4.79 Å². The smallest absolute Gasteiger partial charge is 0.449 e. The zero-order chi connectivity index (χ0) is 24.3. The number of nitrogens with zero attached hydrogens (tertiary/aromatic N) is 2. The number of carbonyl (C=O) groups is 1. The number of halogens is 4. The number of aliphatic imine (C=N–C) groups is 1. The molecule has 0 bridgehead atoms. The monoisotopic (exact) mass is 488 g/mol. The van der Waals surface area contributed by atoms with Crippen molar-refractivity contribution in [3.05, 3.63) is 88.9 Å². The number of hydrogen-bond acceptors (Lipinski definition) is 4. The fourth-order valence-electron chi connectivity index (χ4n) is 3.66. The lowest BCUT2D eigenvalue weighted by molar-refractivity contribution is -0.274. The van der Waals surface area contributed by atoms with Crippen LogP contribution >= 0.6 is 11.6 Å². The Bertz CT molecular complexity index is 1200. The third-order valence-electron chi connectivity index (χ3n) is 5.21. The molecule has 0 N–H and O–H groups in total. The molecule has 0 spiro atoms. The van der Waals surface area contributed by atoms with E-state index < -0.39 is 12.5 Å². The number of amides is 1. The second kappa shape index (κ2) is 9.77. The normalized spacial score (nSPS) is 15.7. The van der Waals surface area contributed by atoms with Crippen LogP contribution in [0.5, 0.6) is 5.75 Å². The van der Waals surface area contributed by atoms with Gasteiger partial charge in [-0.3, -0.25) is 9.89 Å². The van der Waals surface area contributed by atoms with Crippen molar-refractivity contribution in [1.29, 1.82) is 0 Å². The maximum absolute atomic E-state index is 12.6. The maximum Gasteiger partial charge on any atom is 0.573 e. The molecule has 0 aromatic heterocycles. The third kappa shape index (κ3) is 5.34. The van der Waals surface area contributed by atoms with Crippen molar-refractivity contribution < 1.29 is 27.4 Å². The van der Waals surface area contributed by atoms with Crippen molar-refractivity contribution in [3.8, 4) is 16.9 Å². The van der Waals surface area contributed by atoms with Gasteiger partial charge in [-0.15, -0.1) is 13.2 Å². The van der Waals surface area contributed by atoms with E-state index >= 15 is 0 Å². The maximum atomic E-state index is 12.6. The molecular formula is C25H20ClF3N2O3. The molecule has 1 amide bonds. The first-order chi connectivity index (χ1) is 16.2. The molecule has 5 nitrogen and oxygen atoms in total. The summed E-state index contributed by atoms with van der Waals surface area (Å²) in [6.07, 6.45) is -5.23. The first-order valence-electron chi connectivity index (χ1n) is 10.5. The van der Waals surface area contributed by atoms with Crippen LogP contribution in [0, 0.1) is 0 Å². The molecule has 1 heterocycles. The van der Waals surface area contributed by atoms with E-state index in [0.717, 1.165) is 16.7 Å². The Morgan fingerprint density at radius 3 is 2.24 bits per heavy atom. The van der Waals surface area contributed by atoms with Crippen LogP contribution in [0.3, 0.4) is 0 Å². The van der Waals surface area contributed by atoms with Gasteiger partial charge in [0.05, 0.1) is 24.2 Å². The van der Waals surface area contributed by atoms with E-state index in [1.54, 1.807) is 37.3 Å². The molecule has 9 heteroatoms. The second-order valence-electron chi connectivity index (χ2n) is 7.45. The van der Waals surface area contributed by atoms with E-state index in [2.05, 4.69) is 4.74 Å². The molecule has 0 aliphatic carbocycles. The molecule has 0 fully saturated rings. The van der Waals surface area contributed by atoms with Crippen molar-refractivity contribution in [1.82, 2.24) is 4.90 Å². The number of benzene rings is 3. The molecule has 3 aromatic carbocycles. The van der Waals surface area contributed by atoms with Crippen LogP contribution in [0.25, 0.3) is 11.1 Å². The Morgan fingerprint density at radius 2 is 1.65 bits per heavy atom. The Kier molecular flexibility index (Phi) is 6.79. The highest BCUT2D eigenvalue weighted by Crippen LogP contribution is 2.32. The minimum Gasteiger partial charge on any atom is -0.449 e. The van der Waals surface area contributed by atoms with Gasteiger partial charge in [0, 0.05) is 5.56 Å². The van der Waals surface area contributed by atoms with Crippen LogP contribution in [0.15, 0.2) is 77.8 Å². The van der Waals surface area contributed by atoms with Crippen LogP contribution < -0.4 is 4.74 Å². The highest BCUT2D eigenvalue weighted by atomic mass is 35.5. The first-order valence-corrected chi connectivity index (χ1v) is 10.9. The quantitative estimate of drug-likeness (QED) is 0.394. The van der Waals surface area contributed by atoms with Crippen LogP contribution in [0.1, 0.15) is 24.1 Å². The standard InChI is InChI=1S/C25H20ClF3N2O3/c1-2-33-24(32)31-15-22(30-23(31)20-5-3-4-6-21(20)26)18-9-7-16(8-10-18)17-11-13-19(14-12-17)34-25(27,28)29/h3-14,22H,2,15H2,1H3. The number of carbonyl (C=O) groups excluding carboxylic acids is 1. The van der Waals surface area contributed by atoms with Gasteiger partial charge in [-0.1, -0.05) is 60.1 Å². The predicted octanol–water partition coefficient (Wildman–Crippen LogP) is 6.87. The zero-order valence-electron chi connectivity index (χ0n) is 18.1. The lowest BCUT2D eigenvalue weighted by Gasteiger charge is -2.19. The van der Waals surface area contributed by atoms with E-state index in [4.69, 9.17) is 21.3 Å².